The lowest BCUT2D eigenvalue weighted by Crippen LogP contribution is -2.41. The number of hydrogen-bond acceptors (Lipinski definition) is 5. The summed E-state index contributed by atoms with van der Waals surface area (Å²) in [5, 5.41) is 7.79. The maximum atomic E-state index is 12.1. The van der Waals surface area contributed by atoms with Crippen molar-refractivity contribution in [1.29, 1.82) is 0 Å². The van der Waals surface area contributed by atoms with Gasteiger partial charge in [0, 0.05) is 38.1 Å². The Balaban J connectivity index is 0. The molecule has 0 aromatic heterocycles. The van der Waals surface area contributed by atoms with Gasteiger partial charge in [-0.1, -0.05) is 122 Å². The highest BCUT2D eigenvalue weighted by molar-refractivity contribution is 5.85. The standard InChI is InChI=1S/C16H24N4O3.C15H23NO.C4H10.C3H8/c1-12(7-14(17)9-18-11-21)16(23)20-10-15(22)19-8-13-5-3-2-4-6-13;1-4-9-16(10-5-2)15(17)12-14-8-6-7-13(3)11-14;1-4(2)3;1-3-2/h2-6,11-12,14H,7-10,17H2,1H3,(H,18,21)(H,19,22)(H,20,23);6-8,11H,4-5,9-10,12H2,1-3H3;4H,1-3H3;3H2,1-2H3. The van der Waals surface area contributed by atoms with E-state index in [1.807, 2.05) is 47.4 Å². The van der Waals surface area contributed by atoms with Gasteiger partial charge in [-0.05, 0) is 43.2 Å². The maximum absolute atomic E-state index is 12.1. The third-order valence-electron chi connectivity index (χ3n) is 6.10. The highest BCUT2D eigenvalue weighted by atomic mass is 16.2. The van der Waals surface area contributed by atoms with Crippen LogP contribution in [0.25, 0.3) is 0 Å². The van der Waals surface area contributed by atoms with E-state index < -0.39 is 0 Å². The van der Waals surface area contributed by atoms with Gasteiger partial charge in [0.2, 0.25) is 24.1 Å². The van der Waals surface area contributed by atoms with Crippen molar-refractivity contribution in [3.8, 4) is 0 Å². The zero-order valence-corrected chi connectivity index (χ0v) is 30.7. The second kappa shape index (κ2) is 29.7. The molecule has 9 heteroatoms. The minimum Gasteiger partial charge on any atom is -0.357 e. The molecule has 0 aliphatic heterocycles. The molecule has 0 heterocycles. The van der Waals surface area contributed by atoms with Crippen LogP contribution < -0.4 is 21.7 Å². The fourth-order valence-corrected chi connectivity index (χ4v) is 4.05. The fraction of sp³-hybridized carbons (Fsp3) is 0.579. The third kappa shape index (κ3) is 27.1. The number of carbonyl (C=O) groups is 4. The second-order valence-corrected chi connectivity index (χ2v) is 12.4. The van der Waals surface area contributed by atoms with Crippen molar-refractivity contribution >= 4 is 24.1 Å². The SMILES string of the molecule is CC(C)C.CC(CC(N)CNC=O)C(=O)NCC(=O)NCc1ccccc1.CCC.CCCN(CCC)C(=O)Cc1cccc(C)c1. The lowest BCUT2D eigenvalue weighted by Gasteiger charge is -2.21. The Bertz CT molecular complexity index is 1090. The van der Waals surface area contributed by atoms with Crippen LogP contribution >= 0.6 is 0 Å². The average Bonchev–Trinajstić information content (AvgIpc) is 3.02. The summed E-state index contributed by atoms with van der Waals surface area (Å²) in [6.07, 6.45) is 4.83. The highest BCUT2D eigenvalue weighted by Gasteiger charge is 2.17. The molecule has 0 radical (unpaired) electrons. The summed E-state index contributed by atoms with van der Waals surface area (Å²) in [6.45, 7) is 21.2. The van der Waals surface area contributed by atoms with E-state index in [4.69, 9.17) is 5.73 Å². The Morgan fingerprint density at radius 3 is 1.91 bits per heavy atom. The Labute approximate surface area is 285 Å². The van der Waals surface area contributed by atoms with E-state index in [2.05, 4.69) is 83.5 Å². The molecule has 0 aliphatic carbocycles. The van der Waals surface area contributed by atoms with Gasteiger partial charge < -0.3 is 26.6 Å². The van der Waals surface area contributed by atoms with Gasteiger partial charge in [0.15, 0.2) is 0 Å². The zero-order chi connectivity index (χ0) is 36.0. The number of rotatable bonds is 16. The number of hydrogen-bond donors (Lipinski definition) is 4. The molecule has 4 amide bonds. The minimum atomic E-state index is -0.333. The predicted octanol–water partition coefficient (Wildman–Crippen LogP) is 5.78. The van der Waals surface area contributed by atoms with Crippen LogP contribution in [-0.2, 0) is 32.1 Å². The molecule has 9 nitrogen and oxygen atoms in total. The van der Waals surface area contributed by atoms with Crippen LogP contribution in [0.5, 0.6) is 0 Å². The van der Waals surface area contributed by atoms with E-state index in [-0.39, 0.29) is 36.2 Å². The van der Waals surface area contributed by atoms with Crippen LogP contribution in [0, 0.1) is 18.8 Å². The zero-order valence-electron chi connectivity index (χ0n) is 30.7. The predicted molar refractivity (Wildman–Crippen MR) is 196 cm³/mol. The van der Waals surface area contributed by atoms with E-state index in [9.17, 15) is 19.2 Å². The maximum Gasteiger partial charge on any atom is 0.239 e. The van der Waals surface area contributed by atoms with Crippen LogP contribution in [0.2, 0.25) is 0 Å². The number of amides is 4. The topological polar surface area (TPSA) is 134 Å². The molecule has 0 bridgehead atoms. The van der Waals surface area contributed by atoms with Gasteiger partial charge in [0.25, 0.3) is 0 Å². The van der Waals surface area contributed by atoms with Gasteiger partial charge >= 0.3 is 0 Å². The molecular weight excluding hydrogens is 590 g/mol. The van der Waals surface area contributed by atoms with Crippen molar-refractivity contribution in [3.63, 3.8) is 0 Å². The van der Waals surface area contributed by atoms with E-state index in [1.165, 1.54) is 12.0 Å². The Hall–Kier alpha value is -3.72. The van der Waals surface area contributed by atoms with E-state index in [0.717, 1.165) is 43.0 Å². The number of nitrogens with one attached hydrogen (secondary N) is 3. The van der Waals surface area contributed by atoms with Gasteiger partial charge in [-0.25, -0.2) is 0 Å². The van der Waals surface area contributed by atoms with E-state index in [0.29, 0.717) is 32.3 Å². The molecule has 47 heavy (non-hydrogen) atoms. The molecule has 2 atom stereocenters. The van der Waals surface area contributed by atoms with Crippen molar-refractivity contribution in [1.82, 2.24) is 20.9 Å². The van der Waals surface area contributed by atoms with Gasteiger partial charge in [-0.2, -0.15) is 0 Å². The van der Waals surface area contributed by atoms with Crippen molar-refractivity contribution in [2.45, 2.75) is 107 Å². The first-order valence-corrected chi connectivity index (χ1v) is 17.2. The molecule has 2 aromatic carbocycles. The van der Waals surface area contributed by atoms with Gasteiger partial charge in [0.05, 0.1) is 13.0 Å². The summed E-state index contributed by atoms with van der Waals surface area (Å²) in [6, 6.07) is 17.4. The molecule has 2 aromatic rings. The first-order chi connectivity index (χ1) is 22.3. The summed E-state index contributed by atoms with van der Waals surface area (Å²) >= 11 is 0. The molecule has 266 valence electrons. The fourth-order valence-electron chi connectivity index (χ4n) is 4.05. The van der Waals surface area contributed by atoms with Crippen LogP contribution in [0.3, 0.4) is 0 Å². The monoisotopic (exact) mass is 656 g/mol. The smallest absolute Gasteiger partial charge is 0.239 e. The molecule has 2 unspecified atom stereocenters. The lowest BCUT2D eigenvalue weighted by atomic mass is 10.0. The largest absolute Gasteiger partial charge is 0.357 e. The molecular formula is C38H65N5O4. The average molecular weight is 656 g/mol. The molecule has 0 spiro atoms. The van der Waals surface area contributed by atoms with Gasteiger partial charge in [-0.15, -0.1) is 0 Å². The van der Waals surface area contributed by atoms with Crippen LogP contribution in [-0.4, -0.2) is 61.3 Å². The van der Waals surface area contributed by atoms with Crippen LogP contribution in [0.1, 0.15) is 97.8 Å². The number of benzene rings is 2. The van der Waals surface area contributed by atoms with Crippen molar-refractivity contribution < 1.29 is 19.2 Å². The highest BCUT2D eigenvalue weighted by Crippen LogP contribution is 2.08. The number of nitrogens with two attached hydrogens (primary N) is 1. The molecule has 0 saturated carbocycles. The number of aryl methyl sites for hydroxylation is 1. The molecule has 2 rings (SSSR count). The third-order valence-corrected chi connectivity index (χ3v) is 6.10. The summed E-state index contributed by atoms with van der Waals surface area (Å²) in [5.41, 5.74) is 9.11. The van der Waals surface area contributed by atoms with Gasteiger partial charge in [0.1, 0.15) is 0 Å². The first kappa shape index (κ1) is 45.4. The normalized spacial score (nSPS) is 11.1. The Morgan fingerprint density at radius 2 is 1.40 bits per heavy atom. The summed E-state index contributed by atoms with van der Waals surface area (Å²) in [5.74, 6) is 0.266. The molecule has 0 fully saturated rings. The Morgan fingerprint density at radius 1 is 0.851 bits per heavy atom. The molecule has 0 aliphatic rings. The van der Waals surface area contributed by atoms with E-state index in [1.54, 1.807) is 6.92 Å². The van der Waals surface area contributed by atoms with Crippen molar-refractivity contribution in [3.05, 3.63) is 71.3 Å². The number of nitrogens with zero attached hydrogens (tertiary/aromatic N) is 1. The minimum absolute atomic E-state index is 0.0716. The Kier molecular flexibility index (Phi) is 28.7. The van der Waals surface area contributed by atoms with Gasteiger partial charge in [-0.3, -0.25) is 19.2 Å². The first-order valence-electron chi connectivity index (χ1n) is 17.2. The second-order valence-electron chi connectivity index (χ2n) is 12.4. The quantitative estimate of drug-likeness (QED) is 0.170. The molecule has 5 N–H and O–H groups in total. The molecule has 0 saturated heterocycles. The number of carbonyl (C=O) groups excluding carboxylic acids is 4. The van der Waals surface area contributed by atoms with Crippen molar-refractivity contribution in [2.75, 3.05) is 26.2 Å². The summed E-state index contributed by atoms with van der Waals surface area (Å²) in [4.78, 5) is 47.9. The van der Waals surface area contributed by atoms with Crippen molar-refractivity contribution in [2.24, 2.45) is 17.6 Å². The summed E-state index contributed by atoms with van der Waals surface area (Å²) in [7, 11) is 0. The van der Waals surface area contributed by atoms with Crippen LogP contribution in [0.15, 0.2) is 54.6 Å². The summed E-state index contributed by atoms with van der Waals surface area (Å²) < 4.78 is 0. The van der Waals surface area contributed by atoms with E-state index >= 15 is 0 Å². The van der Waals surface area contributed by atoms with Crippen LogP contribution in [0.4, 0.5) is 0 Å². The lowest BCUT2D eigenvalue weighted by molar-refractivity contribution is -0.130.